The van der Waals surface area contributed by atoms with Crippen LogP contribution in [0.2, 0.25) is 0 Å². The van der Waals surface area contributed by atoms with Gasteiger partial charge < -0.3 is 5.11 Å². The third-order valence-electron chi connectivity index (χ3n) is 3.09. The van der Waals surface area contributed by atoms with E-state index in [2.05, 4.69) is 0 Å². The summed E-state index contributed by atoms with van der Waals surface area (Å²) < 4.78 is 22.7. The zero-order valence-electron chi connectivity index (χ0n) is 9.82. The highest BCUT2D eigenvalue weighted by Crippen LogP contribution is 2.22. The number of hydrogen-bond donors (Lipinski definition) is 1. The summed E-state index contributed by atoms with van der Waals surface area (Å²) in [5.74, 6) is -0.881. The Labute approximate surface area is 106 Å². The fourth-order valence-corrected chi connectivity index (χ4v) is 3.36. The molecular formula is C12H15NO4S. The molecule has 1 aliphatic heterocycles. The maximum Gasteiger partial charge on any atom is 0.325 e. The highest BCUT2D eigenvalue weighted by molar-refractivity contribution is 7.91. The molecule has 1 atom stereocenters. The van der Waals surface area contributed by atoms with Crippen molar-refractivity contribution in [1.29, 1.82) is 0 Å². The lowest BCUT2D eigenvalue weighted by molar-refractivity contribution is -0.143. The summed E-state index contributed by atoms with van der Waals surface area (Å²) in [6.07, 6.45) is 0. The predicted octanol–water partition coefficient (Wildman–Crippen LogP) is 0.543. The number of hydrogen-bond acceptors (Lipinski definition) is 4. The standard InChI is InChI=1S/C12H15NO4S/c14-12(15)11(10-4-2-1-3-5-10)13-6-8-18(16,17)9-7-13/h1-5,11H,6-9H2,(H,14,15). The SMILES string of the molecule is O=C(O)C(c1ccccc1)N1CCS(=O)(=O)CC1. The van der Waals surface area contributed by atoms with Crippen LogP contribution in [0.25, 0.3) is 0 Å². The number of carbonyl (C=O) groups is 1. The molecule has 1 heterocycles. The van der Waals surface area contributed by atoms with Gasteiger partial charge in [-0.15, -0.1) is 0 Å². The zero-order valence-corrected chi connectivity index (χ0v) is 10.6. The van der Waals surface area contributed by atoms with Crippen LogP contribution in [0.15, 0.2) is 30.3 Å². The Balaban J connectivity index is 2.20. The second-order valence-electron chi connectivity index (χ2n) is 4.34. The van der Waals surface area contributed by atoms with Crippen LogP contribution in [-0.2, 0) is 14.6 Å². The van der Waals surface area contributed by atoms with Crippen LogP contribution >= 0.6 is 0 Å². The number of aliphatic carboxylic acids is 1. The summed E-state index contributed by atoms with van der Waals surface area (Å²) in [5.41, 5.74) is 0.685. The fraction of sp³-hybridized carbons (Fsp3) is 0.417. The Bertz CT molecular complexity index is 512. The summed E-state index contributed by atoms with van der Waals surface area (Å²) in [6.45, 7) is 0.544. The van der Waals surface area contributed by atoms with E-state index >= 15 is 0 Å². The molecule has 2 rings (SSSR count). The van der Waals surface area contributed by atoms with Crippen molar-refractivity contribution in [3.05, 3.63) is 35.9 Å². The maximum atomic E-state index is 11.4. The molecule has 0 aromatic heterocycles. The van der Waals surface area contributed by atoms with Gasteiger partial charge in [-0.3, -0.25) is 9.69 Å². The number of carboxylic acids is 1. The Kier molecular flexibility index (Phi) is 3.68. The van der Waals surface area contributed by atoms with Crippen LogP contribution in [-0.4, -0.2) is 49.0 Å². The van der Waals surface area contributed by atoms with Crippen molar-refractivity contribution in [2.24, 2.45) is 0 Å². The Morgan fingerprint density at radius 1 is 1.17 bits per heavy atom. The summed E-state index contributed by atoms with van der Waals surface area (Å²) in [4.78, 5) is 13.1. The minimum Gasteiger partial charge on any atom is -0.480 e. The van der Waals surface area contributed by atoms with Crippen LogP contribution in [0.1, 0.15) is 11.6 Å². The van der Waals surface area contributed by atoms with Gasteiger partial charge in [0.25, 0.3) is 0 Å². The van der Waals surface area contributed by atoms with E-state index in [0.29, 0.717) is 5.56 Å². The molecule has 6 heteroatoms. The molecular weight excluding hydrogens is 254 g/mol. The average molecular weight is 269 g/mol. The van der Waals surface area contributed by atoms with Crippen molar-refractivity contribution in [1.82, 2.24) is 4.90 Å². The molecule has 0 aliphatic carbocycles. The summed E-state index contributed by atoms with van der Waals surface area (Å²) >= 11 is 0. The van der Waals surface area contributed by atoms with E-state index < -0.39 is 21.8 Å². The number of nitrogens with zero attached hydrogens (tertiary/aromatic N) is 1. The molecule has 0 bridgehead atoms. The van der Waals surface area contributed by atoms with Gasteiger partial charge in [-0.25, -0.2) is 8.42 Å². The number of carboxylic acid groups (broad SMARTS) is 1. The van der Waals surface area contributed by atoms with Crippen LogP contribution in [0, 0.1) is 0 Å². The molecule has 18 heavy (non-hydrogen) atoms. The van der Waals surface area contributed by atoms with Crippen molar-refractivity contribution in [2.45, 2.75) is 6.04 Å². The largest absolute Gasteiger partial charge is 0.480 e. The Morgan fingerprint density at radius 3 is 2.22 bits per heavy atom. The first-order valence-corrected chi connectivity index (χ1v) is 7.54. The third kappa shape index (κ3) is 2.88. The molecule has 1 aliphatic rings. The summed E-state index contributed by atoms with van der Waals surface area (Å²) in [5, 5.41) is 9.32. The van der Waals surface area contributed by atoms with E-state index in [0.717, 1.165) is 0 Å². The first kappa shape index (κ1) is 13.0. The molecule has 0 spiro atoms. The lowest BCUT2D eigenvalue weighted by Gasteiger charge is -2.31. The first-order valence-electron chi connectivity index (χ1n) is 5.72. The van der Waals surface area contributed by atoms with Gasteiger partial charge in [0.05, 0.1) is 11.5 Å². The smallest absolute Gasteiger partial charge is 0.325 e. The lowest BCUT2D eigenvalue weighted by Crippen LogP contribution is -2.44. The van der Waals surface area contributed by atoms with Gasteiger partial charge in [0.1, 0.15) is 6.04 Å². The summed E-state index contributed by atoms with van der Waals surface area (Å²) in [6, 6.07) is 8.13. The second-order valence-corrected chi connectivity index (χ2v) is 6.64. The zero-order chi connectivity index (χ0) is 13.2. The lowest BCUT2D eigenvalue weighted by atomic mass is 10.1. The van der Waals surface area contributed by atoms with E-state index in [1.165, 1.54) is 0 Å². The minimum absolute atomic E-state index is 0.0314. The molecule has 1 saturated heterocycles. The van der Waals surface area contributed by atoms with Crippen LogP contribution in [0.5, 0.6) is 0 Å². The molecule has 0 saturated carbocycles. The highest BCUT2D eigenvalue weighted by atomic mass is 32.2. The molecule has 98 valence electrons. The van der Waals surface area contributed by atoms with Gasteiger partial charge in [-0.2, -0.15) is 0 Å². The van der Waals surface area contributed by atoms with Gasteiger partial charge in [0.2, 0.25) is 0 Å². The van der Waals surface area contributed by atoms with Crippen molar-refractivity contribution >= 4 is 15.8 Å². The topological polar surface area (TPSA) is 74.7 Å². The van der Waals surface area contributed by atoms with E-state index in [-0.39, 0.29) is 24.6 Å². The molecule has 0 amide bonds. The van der Waals surface area contributed by atoms with Gasteiger partial charge in [0.15, 0.2) is 9.84 Å². The van der Waals surface area contributed by atoms with Crippen LogP contribution in [0.3, 0.4) is 0 Å². The van der Waals surface area contributed by atoms with Gasteiger partial charge in [0, 0.05) is 13.1 Å². The van der Waals surface area contributed by atoms with Crippen molar-refractivity contribution in [3.8, 4) is 0 Å². The highest BCUT2D eigenvalue weighted by Gasteiger charge is 2.32. The maximum absolute atomic E-state index is 11.4. The number of sulfone groups is 1. The van der Waals surface area contributed by atoms with Gasteiger partial charge in [-0.1, -0.05) is 30.3 Å². The van der Waals surface area contributed by atoms with Crippen LogP contribution in [0.4, 0.5) is 0 Å². The average Bonchev–Trinajstić information content (AvgIpc) is 2.33. The molecule has 0 radical (unpaired) electrons. The monoisotopic (exact) mass is 269 g/mol. The van der Waals surface area contributed by atoms with Crippen LogP contribution < -0.4 is 0 Å². The fourth-order valence-electron chi connectivity index (χ4n) is 2.13. The van der Waals surface area contributed by atoms with E-state index in [4.69, 9.17) is 0 Å². The minimum atomic E-state index is -2.99. The van der Waals surface area contributed by atoms with Crippen molar-refractivity contribution < 1.29 is 18.3 Å². The third-order valence-corrected chi connectivity index (χ3v) is 4.70. The van der Waals surface area contributed by atoms with E-state index in [9.17, 15) is 18.3 Å². The molecule has 1 unspecified atom stereocenters. The van der Waals surface area contributed by atoms with Crippen molar-refractivity contribution in [2.75, 3.05) is 24.6 Å². The van der Waals surface area contributed by atoms with Gasteiger partial charge in [-0.05, 0) is 5.56 Å². The van der Waals surface area contributed by atoms with Gasteiger partial charge >= 0.3 is 5.97 Å². The number of benzene rings is 1. The Morgan fingerprint density at radius 2 is 1.72 bits per heavy atom. The van der Waals surface area contributed by atoms with Crippen molar-refractivity contribution in [3.63, 3.8) is 0 Å². The van der Waals surface area contributed by atoms with E-state index in [1.807, 2.05) is 6.07 Å². The van der Waals surface area contributed by atoms with E-state index in [1.54, 1.807) is 29.2 Å². The Hall–Kier alpha value is -1.40. The predicted molar refractivity (Wildman–Crippen MR) is 67.0 cm³/mol. The normalized spacial score (nSPS) is 21.3. The molecule has 5 nitrogen and oxygen atoms in total. The molecule has 1 aromatic rings. The molecule has 1 N–H and O–H groups in total. The summed E-state index contributed by atoms with van der Waals surface area (Å²) in [7, 11) is -2.99. The first-order chi connectivity index (χ1) is 8.49. The second kappa shape index (κ2) is 5.07. The molecule has 1 aromatic carbocycles. The number of rotatable bonds is 3. The molecule has 1 fully saturated rings. The quantitative estimate of drug-likeness (QED) is 0.867.